The minimum atomic E-state index is -0.0700. The Kier molecular flexibility index (Phi) is 8.64. The lowest BCUT2D eigenvalue weighted by Crippen LogP contribution is -2.36. The monoisotopic (exact) mass is 380 g/mol. The second-order valence-electron chi connectivity index (χ2n) is 5.63. The molecule has 1 heterocycles. The van der Waals surface area contributed by atoms with E-state index < -0.39 is 0 Å². The quantitative estimate of drug-likeness (QED) is 0.497. The first-order valence-corrected chi connectivity index (χ1v) is 10.1. The molecule has 144 valence electrons. The highest BCUT2D eigenvalue weighted by atomic mass is 32.2. The predicted molar refractivity (Wildman–Crippen MR) is 108 cm³/mol. The number of amides is 1. The number of thioether (sulfide) groups is 1. The van der Waals surface area contributed by atoms with Crippen molar-refractivity contribution < 1.29 is 19.0 Å². The van der Waals surface area contributed by atoms with Crippen LogP contribution in [0, 0.1) is 0 Å². The van der Waals surface area contributed by atoms with Crippen LogP contribution in [0.4, 0.5) is 11.4 Å². The number of rotatable bonds is 10. The third-order valence-electron chi connectivity index (χ3n) is 3.76. The molecular formula is C19H28N2O4S. The van der Waals surface area contributed by atoms with Crippen LogP contribution in [-0.4, -0.2) is 56.9 Å². The fourth-order valence-electron chi connectivity index (χ4n) is 2.67. The minimum absolute atomic E-state index is 0.0700. The molecule has 1 amide bonds. The lowest BCUT2D eigenvalue weighted by Gasteiger charge is -2.31. The van der Waals surface area contributed by atoms with E-state index in [1.54, 1.807) is 6.08 Å². The Morgan fingerprint density at radius 3 is 2.62 bits per heavy atom. The van der Waals surface area contributed by atoms with Crippen molar-refractivity contribution in [2.24, 2.45) is 0 Å². The zero-order chi connectivity index (χ0) is 18.8. The zero-order valence-electron chi connectivity index (χ0n) is 15.6. The molecule has 1 N–H and O–H groups in total. The van der Waals surface area contributed by atoms with Crippen LogP contribution in [0.5, 0.6) is 11.5 Å². The SMILES string of the molecule is C=CCSCC(=O)Nc1cc(OCC)c(N2CCOCC2)cc1OCC. The molecule has 0 atom stereocenters. The fraction of sp³-hybridized carbons (Fsp3) is 0.526. The summed E-state index contributed by atoms with van der Waals surface area (Å²) >= 11 is 1.52. The zero-order valence-corrected chi connectivity index (χ0v) is 16.4. The molecule has 1 fully saturated rings. The average molecular weight is 381 g/mol. The first-order valence-electron chi connectivity index (χ1n) is 8.94. The van der Waals surface area contributed by atoms with Gasteiger partial charge in [0.15, 0.2) is 0 Å². The largest absolute Gasteiger partial charge is 0.492 e. The van der Waals surface area contributed by atoms with Crippen molar-refractivity contribution in [2.45, 2.75) is 13.8 Å². The van der Waals surface area contributed by atoms with Gasteiger partial charge in [-0.05, 0) is 13.8 Å². The van der Waals surface area contributed by atoms with Crippen molar-refractivity contribution in [2.75, 3.05) is 61.2 Å². The van der Waals surface area contributed by atoms with Gasteiger partial charge in [-0.15, -0.1) is 18.3 Å². The second-order valence-corrected chi connectivity index (χ2v) is 6.66. The van der Waals surface area contributed by atoms with Gasteiger partial charge in [0.05, 0.1) is 43.6 Å². The highest BCUT2D eigenvalue weighted by molar-refractivity contribution is 8.00. The van der Waals surface area contributed by atoms with Crippen molar-refractivity contribution in [3.63, 3.8) is 0 Å². The van der Waals surface area contributed by atoms with E-state index in [0.717, 1.165) is 30.3 Å². The maximum absolute atomic E-state index is 12.2. The van der Waals surface area contributed by atoms with E-state index in [1.807, 2.05) is 26.0 Å². The normalized spacial score (nSPS) is 14.0. The van der Waals surface area contributed by atoms with E-state index in [9.17, 15) is 4.79 Å². The van der Waals surface area contributed by atoms with Crippen LogP contribution < -0.4 is 19.7 Å². The van der Waals surface area contributed by atoms with Gasteiger partial charge >= 0.3 is 0 Å². The van der Waals surface area contributed by atoms with Gasteiger partial charge in [-0.25, -0.2) is 0 Å². The number of anilines is 2. The summed E-state index contributed by atoms with van der Waals surface area (Å²) in [6.07, 6.45) is 1.79. The fourth-order valence-corrected chi connectivity index (χ4v) is 3.21. The van der Waals surface area contributed by atoms with Crippen LogP contribution in [-0.2, 0) is 9.53 Å². The van der Waals surface area contributed by atoms with Gasteiger partial charge in [-0.2, -0.15) is 0 Å². The van der Waals surface area contributed by atoms with Gasteiger partial charge in [-0.3, -0.25) is 4.79 Å². The molecule has 0 spiro atoms. The number of carbonyl (C=O) groups excluding carboxylic acids is 1. The summed E-state index contributed by atoms with van der Waals surface area (Å²) in [6, 6.07) is 3.81. The first kappa shape index (κ1) is 20.5. The third kappa shape index (κ3) is 5.85. The molecule has 1 aliphatic rings. The van der Waals surface area contributed by atoms with Crippen molar-refractivity contribution in [3.8, 4) is 11.5 Å². The summed E-state index contributed by atoms with van der Waals surface area (Å²) in [5, 5.41) is 2.94. The summed E-state index contributed by atoms with van der Waals surface area (Å²) < 4.78 is 17.1. The third-order valence-corrected chi connectivity index (χ3v) is 4.69. The highest BCUT2D eigenvalue weighted by Crippen LogP contribution is 2.39. The van der Waals surface area contributed by atoms with E-state index >= 15 is 0 Å². The first-order chi connectivity index (χ1) is 12.7. The van der Waals surface area contributed by atoms with Crippen molar-refractivity contribution in [1.29, 1.82) is 0 Å². The molecule has 1 aromatic carbocycles. The van der Waals surface area contributed by atoms with Crippen LogP contribution in [0.25, 0.3) is 0 Å². The summed E-state index contributed by atoms with van der Waals surface area (Å²) in [6.45, 7) is 11.6. The molecule has 1 saturated heterocycles. The molecule has 1 aliphatic heterocycles. The van der Waals surface area contributed by atoms with Crippen molar-refractivity contribution in [3.05, 3.63) is 24.8 Å². The van der Waals surface area contributed by atoms with Crippen molar-refractivity contribution in [1.82, 2.24) is 0 Å². The Hall–Kier alpha value is -1.86. The number of nitrogens with zero attached hydrogens (tertiary/aromatic N) is 1. The van der Waals surface area contributed by atoms with Gasteiger partial charge < -0.3 is 24.4 Å². The lowest BCUT2D eigenvalue weighted by molar-refractivity contribution is -0.113. The molecule has 26 heavy (non-hydrogen) atoms. The molecule has 0 bridgehead atoms. The minimum Gasteiger partial charge on any atom is -0.492 e. The van der Waals surface area contributed by atoms with E-state index in [2.05, 4.69) is 16.8 Å². The topological polar surface area (TPSA) is 60.0 Å². The molecule has 6 nitrogen and oxygen atoms in total. The van der Waals surface area contributed by atoms with Crippen LogP contribution in [0.2, 0.25) is 0 Å². The molecular weight excluding hydrogens is 352 g/mol. The molecule has 0 unspecified atom stereocenters. The van der Waals surface area contributed by atoms with E-state index in [0.29, 0.717) is 43.6 Å². The number of nitrogens with one attached hydrogen (secondary N) is 1. The van der Waals surface area contributed by atoms with Crippen LogP contribution in [0.1, 0.15) is 13.8 Å². The number of ether oxygens (including phenoxy) is 3. The molecule has 0 radical (unpaired) electrons. The number of hydrogen-bond acceptors (Lipinski definition) is 6. The second kappa shape index (κ2) is 11.0. The summed E-state index contributed by atoms with van der Waals surface area (Å²) in [4.78, 5) is 14.4. The lowest BCUT2D eigenvalue weighted by atomic mass is 10.2. The predicted octanol–water partition coefficient (Wildman–Crippen LogP) is 3.18. The molecule has 0 aliphatic carbocycles. The van der Waals surface area contributed by atoms with E-state index in [1.165, 1.54) is 11.8 Å². The Morgan fingerprint density at radius 1 is 1.27 bits per heavy atom. The highest BCUT2D eigenvalue weighted by Gasteiger charge is 2.20. The standard InChI is InChI=1S/C19H28N2O4S/c1-4-11-26-14-19(22)20-15-12-18(25-6-3)16(13-17(15)24-5-2)21-7-9-23-10-8-21/h4,12-13H,1,5-11,14H2,2-3H3,(H,20,22). The molecule has 0 aromatic heterocycles. The summed E-state index contributed by atoms with van der Waals surface area (Å²) in [5.74, 6) is 2.43. The smallest absolute Gasteiger partial charge is 0.234 e. The van der Waals surface area contributed by atoms with Crippen LogP contribution in [0.15, 0.2) is 24.8 Å². The Bertz CT molecular complexity index is 603. The van der Waals surface area contributed by atoms with E-state index in [4.69, 9.17) is 14.2 Å². The maximum Gasteiger partial charge on any atom is 0.234 e. The van der Waals surface area contributed by atoms with Gasteiger partial charge in [0.1, 0.15) is 11.5 Å². The molecule has 2 rings (SSSR count). The van der Waals surface area contributed by atoms with Crippen LogP contribution >= 0.6 is 11.8 Å². The summed E-state index contributed by atoms with van der Waals surface area (Å²) in [5.41, 5.74) is 1.61. The number of morpholine rings is 1. The average Bonchev–Trinajstić information content (AvgIpc) is 2.65. The van der Waals surface area contributed by atoms with Gasteiger partial charge in [-0.1, -0.05) is 6.08 Å². The number of benzene rings is 1. The maximum atomic E-state index is 12.2. The van der Waals surface area contributed by atoms with Gasteiger partial charge in [0, 0.05) is 31.0 Å². The molecule has 0 saturated carbocycles. The van der Waals surface area contributed by atoms with Crippen molar-refractivity contribution >= 4 is 29.0 Å². The van der Waals surface area contributed by atoms with Gasteiger partial charge in [0.25, 0.3) is 0 Å². The van der Waals surface area contributed by atoms with Gasteiger partial charge in [0.2, 0.25) is 5.91 Å². The number of hydrogen-bond donors (Lipinski definition) is 1. The molecule has 7 heteroatoms. The summed E-state index contributed by atoms with van der Waals surface area (Å²) in [7, 11) is 0. The van der Waals surface area contributed by atoms with Crippen LogP contribution in [0.3, 0.4) is 0 Å². The molecule has 1 aromatic rings. The Balaban J connectivity index is 2.26. The Morgan fingerprint density at radius 2 is 1.96 bits per heavy atom. The van der Waals surface area contributed by atoms with E-state index in [-0.39, 0.29) is 5.91 Å². The number of carbonyl (C=O) groups is 1. The Labute approximate surface area is 159 Å².